The molecule has 0 atom stereocenters. The van der Waals surface area contributed by atoms with Gasteiger partial charge < -0.3 is 9.84 Å². The van der Waals surface area contributed by atoms with Gasteiger partial charge in [0.25, 0.3) is 0 Å². The van der Waals surface area contributed by atoms with E-state index in [1.807, 2.05) is 0 Å². The third kappa shape index (κ3) is 4.38. The number of carboxylic acids is 1. The van der Waals surface area contributed by atoms with Crippen molar-refractivity contribution in [3.8, 4) is 5.75 Å². The number of aliphatic carboxylic acids is 1. The number of alkyl halides is 6. The van der Waals surface area contributed by atoms with Crippen LogP contribution in [0.1, 0.15) is 11.1 Å². The third-order valence-corrected chi connectivity index (χ3v) is 2.72. The summed E-state index contributed by atoms with van der Waals surface area (Å²) in [5.74, 6) is -3.21. The van der Waals surface area contributed by atoms with Gasteiger partial charge in [-0.25, -0.2) is 4.98 Å². The fourth-order valence-electron chi connectivity index (χ4n) is 1.28. The first-order valence-electron chi connectivity index (χ1n) is 4.64. The van der Waals surface area contributed by atoms with Gasteiger partial charge in [-0.2, -0.15) is 13.2 Å². The highest BCUT2D eigenvalue weighted by Crippen LogP contribution is 2.42. The Morgan fingerprint density at radius 1 is 1.30 bits per heavy atom. The number of ether oxygens (including phenoxy) is 1. The van der Waals surface area contributed by atoms with E-state index in [9.17, 15) is 31.1 Å². The summed E-state index contributed by atoms with van der Waals surface area (Å²) in [6, 6.07) is 0. The lowest BCUT2D eigenvalue weighted by molar-refractivity contribution is -0.276. The quantitative estimate of drug-likeness (QED) is 0.468. The van der Waals surface area contributed by atoms with Gasteiger partial charge in [-0.15, -0.1) is 13.2 Å². The zero-order valence-corrected chi connectivity index (χ0v) is 11.3. The Kier molecular flexibility index (Phi) is 4.71. The molecule has 0 aliphatic carbocycles. The van der Waals surface area contributed by atoms with Crippen molar-refractivity contribution in [3.05, 3.63) is 21.0 Å². The number of hydrogen-bond donors (Lipinski definition) is 1. The molecule has 1 N–H and O–H groups in total. The van der Waals surface area contributed by atoms with Crippen LogP contribution >= 0.6 is 22.6 Å². The second-order valence-electron chi connectivity index (χ2n) is 3.39. The van der Waals surface area contributed by atoms with Gasteiger partial charge in [0.15, 0.2) is 0 Å². The number of halogens is 7. The van der Waals surface area contributed by atoms with Crippen LogP contribution in [0.25, 0.3) is 0 Å². The Morgan fingerprint density at radius 3 is 2.25 bits per heavy atom. The van der Waals surface area contributed by atoms with E-state index in [4.69, 9.17) is 5.11 Å². The Balaban J connectivity index is 3.51. The third-order valence-electron chi connectivity index (χ3n) is 1.90. The molecule has 0 aliphatic rings. The maximum absolute atomic E-state index is 12.8. The molecule has 0 fully saturated rings. The van der Waals surface area contributed by atoms with Crippen molar-refractivity contribution in [1.82, 2.24) is 4.98 Å². The predicted octanol–water partition coefficient (Wildman–Crippen LogP) is 3.23. The molecule has 1 aromatic heterocycles. The average Bonchev–Trinajstić information content (AvgIpc) is 2.17. The molecule has 0 amide bonds. The van der Waals surface area contributed by atoms with E-state index < -0.39 is 45.5 Å². The Bertz CT molecular complexity index is 528. The number of carboxylic acid groups (broad SMARTS) is 1. The van der Waals surface area contributed by atoms with Gasteiger partial charge in [-0.3, -0.25) is 4.79 Å². The standard InChI is InChI=1S/C9H4F6INO3/c10-8(11,12)5-6(20-9(13,14)15)3(1-4(18)19)2-17-7(5)16/h2H,1H2,(H,18,19). The summed E-state index contributed by atoms with van der Waals surface area (Å²) in [6.07, 6.45) is -11.0. The van der Waals surface area contributed by atoms with Crippen LogP contribution in [0.2, 0.25) is 0 Å². The minimum atomic E-state index is -5.39. The van der Waals surface area contributed by atoms with Gasteiger partial charge in [-0.1, -0.05) is 0 Å². The topological polar surface area (TPSA) is 59.4 Å². The molecule has 1 rings (SSSR count). The molecule has 0 saturated carbocycles. The fraction of sp³-hybridized carbons (Fsp3) is 0.333. The fourth-order valence-corrected chi connectivity index (χ4v) is 1.97. The van der Waals surface area contributed by atoms with Gasteiger partial charge in [0.1, 0.15) is 15.0 Å². The van der Waals surface area contributed by atoms with Crippen LogP contribution in [0, 0.1) is 3.70 Å². The second kappa shape index (κ2) is 5.61. The molecular formula is C9H4F6INO3. The highest BCUT2D eigenvalue weighted by molar-refractivity contribution is 14.1. The van der Waals surface area contributed by atoms with Crippen LogP contribution in [0.15, 0.2) is 6.20 Å². The van der Waals surface area contributed by atoms with Crippen molar-refractivity contribution in [1.29, 1.82) is 0 Å². The molecule has 0 aliphatic heterocycles. The van der Waals surface area contributed by atoms with Crippen molar-refractivity contribution >= 4 is 28.6 Å². The van der Waals surface area contributed by atoms with Crippen LogP contribution in [0.4, 0.5) is 26.3 Å². The van der Waals surface area contributed by atoms with Crippen molar-refractivity contribution in [2.24, 2.45) is 0 Å². The molecule has 0 spiro atoms. The molecule has 0 saturated heterocycles. The highest BCUT2D eigenvalue weighted by Gasteiger charge is 2.43. The SMILES string of the molecule is O=C(O)Cc1cnc(I)c(C(F)(F)F)c1OC(F)(F)F. The first-order chi connectivity index (χ1) is 8.92. The maximum Gasteiger partial charge on any atom is 0.573 e. The molecule has 0 unspecified atom stereocenters. The van der Waals surface area contributed by atoms with E-state index in [1.54, 1.807) is 0 Å². The van der Waals surface area contributed by atoms with Gasteiger partial charge in [0.05, 0.1) is 6.42 Å². The summed E-state index contributed by atoms with van der Waals surface area (Å²) >= 11 is 1.09. The number of pyridine rings is 1. The molecule has 1 aromatic rings. The van der Waals surface area contributed by atoms with Crippen molar-refractivity contribution in [2.45, 2.75) is 19.0 Å². The van der Waals surface area contributed by atoms with Crippen LogP contribution in [0.5, 0.6) is 5.75 Å². The van der Waals surface area contributed by atoms with E-state index in [0.29, 0.717) is 6.20 Å². The van der Waals surface area contributed by atoms with Gasteiger partial charge in [-0.05, 0) is 22.6 Å². The minimum absolute atomic E-state index is 0.603. The number of aromatic nitrogens is 1. The van der Waals surface area contributed by atoms with E-state index in [-0.39, 0.29) is 0 Å². The molecule has 0 aromatic carbocycles. The molecule has 1 heterocycles. The first kappa shape index (κ1) is 16.8. The van der Waals surface area contributed by atoms with Gasteiger partial charge in [0.2, 0.25) is 0 Å². The smallest absolute Gasteiger partial charge is 0.481 e. The van der Waals surface area contributed by atoms with Gasteiger partial charge >= 0.3 is 18.5 Å². The minimum Gasteiger partial charge on any atom is -0.481 e. The zero-order valence-electron chi connectivity index (χ0n) is 9.14. The Labute approximate surface area is 120 Å². The van der Waals surface area contributed by atoms with E-state index in [0.717, 1.165) is 22.6 Å². The van der Waals surface area contributed by atoms with Crippen molar-refractivity contribution < 1.29 is 41.0 Å². The molecule has 11 heteroatoms. The number of rotatable bonds is 3. The summed E-state index contributed by atoms with van der Waals surface area (Å²) in [4.78, 5) is 13.7. The molecule has 4 nitrogen and oxygen atoms in total. The summed E-state index contributed by atoms with van der Waals surface area (Å²) < 4.78 is 77.5. The summed E-state index contributed by atoms with van der Waals surface area (Å²) in [5.41, 5.74) is -2.57. The lowest BCUT2D eigenvalue weighted by Gasteiger charge is -2.18. The van der Waals surface area contributed by atoms with E-state index >= 15 is 0 Å². The maximum atomic E-state index is 12.8. The summed E-state index contributed by atoms with van der Waals surface area (Å²) in [6.45, 7) is 0. The number of carbonyl (C=O) groups is 1. The molecule has 0 radical (unpaired) electrons. The summed E-state index contributed by atoms with van der Waals surface area (Å²) in [5, 5.41) is 8.50. The molecular weight excluding hydrogens is 411 g/mol. The Morgan fingerprint density at radius 2 is 1.85 bits per heavy atom. The molecule has 112 valence electrons. The monoisotopic (exact) mass is 415 g/mol. The Hall–Kier alpha value is -1.27. The zero-order chi connectivity index (χ0) is 15.7. The van der Waals surface area contributed by atoms with Crippen LogP contribution in [-0.2, 0) is 17.4 Å². The number of hydrogen-bond acceptors (Lipinski definition) is 3. The van der Waals surface area contributed by atoms with Crippen LogP contribution in [0.3, 0.4) is 0 Å². The predicted molar refractivity (Wildman–Crippen MR) is 60.0 cm³/mol. The normalized spacial score (nSPS) is 12.3. The van der Waals surface area contributed by atoms with E-state index in [2.05, 4.69) is 9.72 Å². The van der Waals surface area contributed by atoms with Crippen LogP contribution < -0.4 is 4.74 Å². The lowest BCUT2D eigenvalue weighted by Crippen LogP contribution is -2.23. The van der Waals surface area contributed by atoms with E-state index in [1.165, 1.54) is 0 Å². The highest BCUT2D eigenvalue weighted by atomic mass is 127. The first-order valence-corrected chi connectivity index (χ1v) is 5.72. The second-order valence-corrected chi connectivity index (χ2v) is 4.42. The lowest BCUT2D eigenvalue weighted by atomic mass is 10.1. The largest absolute Gasteiger partial charge is 0.573 e. The molecule has 0 bridgehead atoms. The van der Waals surface area contributed by atoms with Crippen molar-refractivity contribution in [2.75, 3.05) is 0 Å². The van der Waals surface area contributed by atoms with Crippen LogP contribution in [-0.4, -0.2) is 22.4 Å². The van der Waals surface area contributed by atoms with Gasteiger partial charge in [0, 0.05) is 11.8 Å². The average molecular weight is 415 g/mol. The number of nitrogens with zero attached hydrogens (tertiary/aromatic N) is 1. The van der Waals surface area contributed by atoms with Crippen molar-refractivity contribution in [3.63, 3.8) is 0 Å². The molecule has 20 heavy (non-hydrogen) atoms. The summed E-state index contributed by atoms with van der Waals surface area (Å²) in [7, 11) is 0.